The third-order valence-corrected chi connectivity index (χ3v) is 4.99. The summed E-state index contributed by atoms with van der Waals surface area (Å²) in [4.78, 5) is 45.2. The maximum Gasteiger partial charge on any atom is 0.301 e. The molecule has 12 heteroatoms. The van der Waals surface area contributed by atoms with Crippen molar-refractivity contribution >= 4 is 34.2 Å². The van der Waals surface area contributed by atoms with Crippen LogP contribution in [0.5, 0.6) is 0 Å². The van der Waals surface area contributed by atoms with E-state index in [-0.39, 0.29) is 22.6 Å². The number of rotatable bonds is 6. The molecular weight excluding hydrogens is 434 g/mol. The van der Waals surface area contributed by atoms with E-state index >= 15 is 0 Å². The Morgan fingerprint density at radius 3 is 2.06 bits per heavy atom. The van der Waals surface area contributed by atoms with Crippen molar-refractivity contribution in [3.63, 3.8) is 0 Å². The molecule has 0 N–H and O–H groups in total. The van der Waals surface area contributed by atoms with Crippen LogP contribution < -0.4 is 5.01 Å². The summed E-state index contributed by atoms with van der Waals surface area (Å²) in [6.07, 6.45) is 0. The molecule has 0 saturated carbocycles. The van der Waals surface area contributed by atoms with Gasteiger partial charge in [-0.25, -0.2) is 5.01 Å². The molecule has 0 amide bonds. The SMILES string of the molecule is O=C1C(c2cccc([N+](=O)[O-])c2)=NN(c2ccc([N+](=O)[O-])cc2[N+](=O)[O-])C1c1ccccc1. The van der Waals surface area contributed by atoms with Crippen molar-refractivity contribution in [2.24, 2.45) is 5.10 Å². The van der Waals surface area contributed by atoms with Crippen molar-refractivity contribution < 1.29 is 19.6 Å². The number of anilines is 1. The Kier molecular flexibility index (Phi) is 5.32. The zero-order chi connectivity index (χ0) is 23.7. The Morgan fingerprint density at radius 1 is 0.758 bits per heavy atom. The number of Topliss-reactive ketones (excluding diaryl/α,β-unsaturated/α-hetero) is 1. The molecule has 4 rings (SSSR count). The molecule has 3 aromatic rings. The number of carbonyl (C=O) groups excluding carboxylic acids is 1. The van der Waals surface area contributed by atoms with Crippen LogP contribution in [0.1, 0.15) is 17.2 Å². The van der Waals surface area contributed by atoms with Gasteiger partial charge in [0.05, 0.1) is 20.8 Å². The van der Waals surface area contributed by atoms with E-state index in [2.05, 4.69) is 5.10 Å². The molecule has 1 aliphatic heterocycles. The smallest absolute Gasteiger partial charge is 0.289 e. The van der Waals surface area contributed by atoms with E-state index in [0.717, 1.165) is 23.2 Å². The van der Waals surface area contributed by atoms with Crippen LogP contribution in [0.3, 0.4) is 0 Å². The second-order valence-corrected chi connectivity index (χ2v) is 6.97. The highest BCUT2D eigenvalue weighted by Gasteiger charge is 2.41. The number of nitrogens with zero attached hydrogens (tertiary/aromatic N) is 5. The summed E-state index contributed by atoms with van der Waals surface area (Å²) in [5.41, 5.74) is -0.967. The minimum atomic E-state index is -1.11. The highest BCUT2D eigenvalue weighted by Crippen LogP contribution is 2.40. The van der Waals surface area contributed by atoms with Crippen LogP contribution in [-0.4, -0.2) is 26.3 Å². The normalized spacial score (nSPS) is 15.3. The first kappa shape index (κ1) is 21.2. The largest absolute Gasteiger partial charge is 0.301 e. The molecular formula is C21H13N5O7. The number of nitro groups is 3. The van der Waals surface area contributed by atoms with Gasteiger partial charge in [-0.2, -0.15) is 5.10 Å². The summed E-state index contributed by atoms with van der Waals surface area (Å²) < 4.78 is 0. The Labute approximate surface area is 184 Å². The quantitative estimate of drug-likeness (QED) is 0.405. The lowest BCUT2D eigenvalue weighted by Crippen LogP contribution is -2.26. The monoisotopic (exact) mass is 447 g/mol. The summed E-state index contributed by atoms with van der Waals surface area (Å²) in [7, 11) is 0. The van der Waals surface area contributed by atoms with E-state index in [1.165, 1.54) is 24.3 Å². The molecule has 33 heavy (non-hydrogen) atoms. The highest BCUT2D eigenvalue weighted by molar-refractivity contribution is 6.50. The number of hydrogen-bond donors (Lipinski definition) is 0. The molecule has 3 aromatic carbocycles. The molecule has 1 atom stereocenters. The predicted octanol–water partition coefficient (Wildman–Crippen LogP) is 3.95. The fourth-order valence-electron chi connectivity index (χ4n) is 3.51. The molecule has 0 radical (unpaired) electrons. The third kappa shape index (κ3) is 3.87. The predicted molar refractivity (Wildman–Crippen MR) is 116 cm³/mol. The van der Waals surface area contributed by atoms with Crippen LogP contribution in [0.2, 0.25) is 0 Å². The van der Waals surface area contributed by atoms with Gasteiger partial charge in [0.25, 0.3) is 11.4 Å². The summed E-state index contributed by atoms with van der Waals surface area (Å²) in [5.74, 6) is -0.533. The number of nitro benzene ring substituents is 3. The molecule has 1 aliphatic rings. The Bertz CT molecular complexity index is 1340. The fourth-order valence-corrected chi connectivity index (χ4v) is 3.51. The number of non-ortho nitro benzene ring substituents is 2. The van der Waals surface area contributed by atoms with Crippen LogP contribution >= 0.6 is 0 Å². The van der Waals surface area contributed by atoms with E-state index < -0.39 is 38.0 Å². The molecule has 0 spiro atoms. The zero-order valence-corrected chi connectivity index (χ0v) is 16.6. The molecule has 0 bridgehead atoms. The number of hydrazone groups is 1. The topological polar surface area (TPSA) is 162 Å². The van der Waals surface area contributed by atoms with Crippen molar-refractivity contribution in [1.82, 2.24) is 0 Å². The number of ketones is 1. The highest BCUT2D eigenvalue weighted by atomic mass is 16.6. The Hall–Kier alpha value is -5.00. The molecule has 0 aromatic heterocycles. The molecule has 0 aliphatic carbocycles. The average molecular weight is 447 g/mol. The van der Waals surface area contributed by atoms with Gasteiger partial charge in [0.15, 0.2) is 0 Å². The van der Waals surface area contributed by atoms with Crippen molar-refractivity contribution in [2.45, 2.75) is 6.04 Å². The lowest BCUT2D eigenvalue weighted by atomic mass is 9.96. The number of hydrogen-bond acceptors (Lipinski definition) is 9. The lowest BCUT2D eigenvalue weighted by Gasteiger charge is -2.22. The van der Waals surface area contributed by atoms with Crippen LogP contribution in [0.4, 0.5) is 22.7 Å². The van der Waals surface area contributed by atoms with Gasteiger partial charge < -0.3 is 0 Å². The van der Waals surface area contributed by atoms with E-state index in [1.54, 1.807) is 30.3 Å². The lowest BCUT2D eigenvalue weighted by molar-refractivity contribution is -0.393. The molecule has 12 nitrogen and oxygen atoms in total. The zero-order valence-electron chi connectivity index (χ0n) is 16.6. The summed E-state index contributed by atoms with van der Waals surface area (Å²) >= 11 is 0. The third-order valence-electron chi connectivity index (χ3n) is 4.99. The van der Waals surface area contributed by atoms with Crippen LogP contribution in [0.25, 0.3) is 0 Å². The minimum Gasteiger partial charge on any atom is -0.289 e. The van der Waals surface area contributed by atoms with Crippen molar-refractivity contribution in [3.8, 4) is 0 Å². The molecule has 1 heterocycles. The Balaban J connectivity index is 1.91. The van der Waals surface area contributed by atoms with E-state index in [1.807, 2.05) is 0 Å². The first-order valence-electron chi connectivity index (χ1n) is 9.42. The van der Waals surface area contributed by atoms with E-state index in [0.29, 0.717) is 5.56 Å². The van der Waals surface area contributed by atoms with E-state index in [9.17, 15) is 35.1 Å². The first-order chi connectivity index (χ1) is 15.8. The molecule has 164 valence electrons. The van der Waals surface area contributed by atoms with E-state index in [4.69, 9.17) is 0 Å². The maximum absolute atomic E-state index is 13.4. The first-order valence-corrected chi connectivity index (χ1v) is 9.42. The standard InChI is InChI=1S/C21H13N5O7/c27-21-19(14-7-4-8-15(11-14)24(28)29)22-23(20(21)13-5-2-1-3-6-13)17-10-9-16(25(30)31)12-18(17)26(32)33/h1-12,20H. The maximum atomic E-state index is 13.4. The van der Waals surface area contributed by atoms with Crippen molar-refractivity contribution in [3.05, 3.63) is 114 Å². The van der Waals surface area contributed by atoms with Gasteiger partial charge in [0.2, 0.25) is 5.78 Å². The van der Waals surface area contributed by atoms with Crippen molar-refractivity contribution in [2.75, 3.05) is 5.01 Å². The van der Waals surface area contributed by atoms with Gasteiger partial charge in [0, 0.05) is 23.8 Å². The second-order valence-electron chi connectivity index (χ2n) is 6.97. The average Bonchev–Trinajstić information content (AvgIpc) is 3.16. The van der Waals surface area contributed by atoms with Gasteiger partial charge in [-0.1, -0.05) is 42.5 Å². The summed E-state index contributed by atoms with van der Waals surface area (Å²) in [5, 5.41) is 39.4. The second kappa shape index (κ2) is 8.26. The van der Waals surface area contributed by atoms with Crippen LogP contribution in [0.15, 0.2) is 77.9 Å². The van der Waals surface area contributed by atoms with Crippen LogP contribution in [-0.2, 0) is 4.79 Å². The van der Waals surface area contributed by atoms with Crippen molar-refractivity contribution in [1.29, 1.82) is 0 Å². The number of carbonyl (C=O) groups is 1. The minimum absolute atomic E-state index is 0.125. The van der Waals surface area contributed by atoms with Gasteiger partial charge in [-0.05, 0) is 11.6 Å². The van der Waals surface area contributed by atoms with Gasteiger partial charge in [-0.3, -0.25) is 35.1 Å². The molecule has 0 saturated heterocycles. The summed E-state index contributed by atoms with van der Waals surface area (Å²) in [6.45, 7) is 0. The van der Waals surface area contributed by atoms with Gasteiger partial charge >= 0.3 is 5.69 Å². The van der Waals surface area contributed by atoms with Gasteiger partial charge in [0.1, 0.15) is 17.4 Å². The number of benzene rings is 3. The van der Waals surface area contributed by atoms with Crippen LogP contribution in [0, 0.1) is 30.3 Å². The molecule has 1 unspecified atom stereocenters. The summed E-state index contributed by atoms with van der Waals surface area (Å²) in [6, 6.07) is 15.6. The Morgan fingerprint density at radius 2 is 1.42 bits per heavy atom. The molecule has 0 fully saturated rings. The van der Waals surface area contributed by atoms with Gasteiger partial charge in [-0.15, -0.1) is 0 Å². The fraction of sp³-hybridized carbons (Fsp3) is 0.0476.